The Morgan fingerprint density at radius 3 is 2.75 bits per heavy atom. The maximum atomic E-state index is 12.3. The van der Waals surface area contributed by atoms with Crippen molar-refractivity contribution in [2.75, 3.05) is 18.9 Å². The number of nitrogen functional groups attached to an aromatic ring is 1. The molecule has 0 radical (unpaired) electrons. The van der Waals surface area contributed by atoms with Crippen LogP contribution in [0, 0.1) is 10.1 Å². The number of benzene rings is 1. The molecule has 1 heterocycles. The van der Waals surface area contributed by atoms with Crippen molar-refractivity contribution >= 4 is 21.4 Å². The minimum Gasteiger partial charge on any atom is -0.393 e. The lowest BCUT2D eigenvalue weighted by molar-refractivity contribution is -0.386. The number of hydrogen-bond donors (Lipinski definition) is 2. The number of para-hydroxylation sites is 1. The third-order valence-electron chi connectivity index (χ3n) is 3.10. The van der Waals surface area contributed by atoms with Gasteiger partial charge in [0.1, 0.15) is 5.69 Å². The number of nitro groups is 1. The van der Waals surface area contributed by atoms with Crippen molar-refractivity contribution in [3.63, 3.8) is 0 Å². The van der Waals surface area contributed by atoms with E-state index in [1.807, 2.05) is 0 Å². The monoisotopic (exact) mass is 301 g/mol. The Labute approximate surface area is 116 Å². The van der Waals surface area contributed by atoms with Gasteiger partial charge in [-0.15, -0.1) is 0 Å². The molecule has 1 aliphatic rings. The normalized spacial score (nSPS) is 22.9. The number of nitrogens with zero attached hydrogens (tertiary/aromatic N) is 1. The lowest BCUT2D eigenvalue weighted by Gasteiger charge is -2.23. The first-order valence-corrected chi connectivity index (χ1v) is 7.38. The first-order valence-electron chi connectivity index (χ1n) is 5.90. The van der Waals surface area contributed by atoms with Crippen LogP contribution in [0.2, 0.25) is 0 Å². The molecule has 1 aromatic carbocycles. The summed E-state index contributed by atoms with van der Waals surface area (Å²) in [5.74, 6) is 0. The number of anilines is 1. The van der Waals surface area contributed by atoms with E-state index in [-0.39, 0.29) is 12.3 Å². The molecule has 0 amide bonds. The van der Waals surface area contributed by atoms with E-state index in [1.54, 1.807) is 6.92 Å². The number of nitrogens with two attached hydrogens (primary N) is 1. The van der Waals surface area contributed by atoms with Crippen molar-refractivity contribution in [3.8, 4) is 0 Å². The molecule has 0 bridgehead atoms. The van der Waals surface area contributed by atoms with E-state index < -0.39 is 31.1 Å². The van der Waals surface area contributed by atoms with Crippen molar-refractivity contribution in [1.29, 1.82) is 0 Å². The highest BCUT2D eigenvalue weighted by molar-refractivity contribution is 7.89. The standard InChI is InChI=1S/C11H15N3O5S/c1-11(5-6-19-7-11)13-20(17,18)9-4-2-3-8(12)10(9)14(15)16/h2-4,13H,5-7,12H2,1H3. The van der Waals surface area contributed by atoms with E-state index in [0.29, 0.717) is 13.0 Å². The van der Waals surface area contributed by atoms with Crippen LogP contribution in [0.4, 0.5) is 11.4 Å². The summed E-state index contributed by atoms with van der Waals surface area (Å²) < 4.78 is 32.3. The highest BCUT2D eigenvalue weighted by Gasteiger charge is 2.37. The lowest BCUT2D eigenvalue weighted by Crippen LogP contribution is -2.46. The molecule has 1 unspecified atom stereocenters. The molecule has 9 heteroatoms. The Balaban J connectivity index is 2.45. The van der Waals surface area contributed by atoms with Gasteiger partial charge in [-0.05, 0) is 25.5 Å². The molecular formula is C11H15N3O5S. The maximum absolute atomic E-state index is 12.3. The van der Waals surface area contributed by atoms with Crippen LogP contribution in [-0.4, -0.2) is 32.1 Å². The molecule has 1 saturated heterocycles. The highest BCUT2D eigenvalue weighted by Crippen LogP contribution is 2.31. The fraction of sp³-hybridized carbons (Fsp3) is 0.455. The van der Waals surface area contributed by atoms with Crippen LogP contribution in [0.3, 0.4) is 0 Å². The van der Waals surface area contributed by atoms with Crippen LogP contribution in [0.25, 0.3) is 0 Å². The fourth-order valence-corrected chi connectivity index (χ4v) is 3.70. The zero-order valence-corrected chi connectivity index (χ0v) is 11.6. The molecule has 8 nitrogen and oxygen atoms in total. The number of hydrogen-bond acceptors (Lipinski definition) is 6. The molecular weight excluding hydrogens is 286 g/mol. The van der Waals surface area contributed by atoms with Gasteiger partial charge < -0.3 is 10.5 Å². The van der Waals surface area contributed by atoms with Gasteiger partial charge in [-0.1, -0.05) is 6.07 Å². The second kappa shape index (κ2) is 5.00. The molecule has 0 aromatic heterocycles. The van der Waals surface area contributed by atoms with Crippen LogP contribution < -0.4 is 10.5 Å². The molecule has 0 aliphatic carbocycles. The molecule has 1 fully saturated rings. The van der Waals surface area contributed by atoms with E-state index in [1.165, 1.54) is 12.1 Å². The van der Waals surface area contributed by atoms with Crippen molar-refractivity contribution in [2.45, 2.75) is 23.8 Å². The average molecular weight is 301 g/mol. The van der Waals surface area contributed by atoms with Crippen LogP contribution in [0.1, 0.15) is 13.3 Å². The largest absolute Gasteiger partial charge is 0.393 e. The van der Waals surface area contributed by atoms with Gasteiger partial charge in [0, 0.05) is 6.61 Å². The van der Waals surface area contributed by atoms with Gasteiger partial charge in [0.25, 0.3) is 0 Å². The molecule has 0 saturated carbocycles. The number of rotatable bonds is 4. The van der Waals surface area contributed by atoms with E-state index in [9.17, 15) is 18.5 Å². The van der Waals surface area contributed by atoms with E-state index in [0.717, 1.165) is 6.07 Å². The topological polar surface area (TPSA) is 125 Å². The summed E-state index contributed by atoms with van der Waals surface area (Å²) in [6.07, 6.45) is 0.502. The van der Waals surface area contributed by atoms with Crippen LogP contribution in [0.5, 0.6) is 0 Å². The summed E-state index contributed by atoms with van der Waals surface area (Å²) in [7, 11) is -4.05. The summed E-state index contributed by atoms with van der Waals surface area (Å²) in [5, 5.41) is 11.0. The Morgan fingerprint density at radius 2 is 2.20 bits per heavy atom. The third-order valence-corrected chi connectivity index (χ3v) is 4.77. The lowest BCUT2D eigenvalue weighted by atomic mass is 10.0. The van der Waals surface area contributed by atoms with Gasteiger partial charge in [-0.2, -0.15) is 0 Å². The van der Waals surface area contributed by atoms with Crippen LogP contribution in [-0.2, 0) is 14.8 Å². The zero-order chi connectivity index (χ0) is 15.0. The summed E-state index contributed by atoms with van der Waals surface area (Å²) in [4.78, 5) is 9.79. The van der Waals surface area contributed by atoms with Gasteiger partial charge in [0.15, 0.2) is 4.90 Å². The van der Waals surface area contributed by atoms with Crippen molar-refractivity contribution in [1.82, 2.24) is 4.72 Å². The molecule has 110 valence electrons. The predicted molar refractivity (Wildman–Crippen MR) is 71.7 cm³/mol. The second-order valence-corrected chi connectivity index (χ2v) is 6.57. The second-order valence-electron chi connectivity index (χ2n) is 4.92. The van der Waals surface area contributed by atoms with E-state index >= 15 is 0 Å². The maximum Gasteiger partial charge on any atom is 0.312 e. The molecule has 1 aromatic rings. The molecule has 0 spiro atoms. The minimum atomic E-state index is -4.05. The Morgan fingerprint density at radius 1 is 1.50 bits per heavy atom. The van der Waals surface area contributed by atoms with Gasteiger partial charge in [0.05, 0.1) is 17.1 Å². The van der Waals surface area contributed by atoms with Crippen LogP contribution >= 0.6 is 0 Å². The minimum absolute atomic E-state index is 0.189. The first-order chi connectivity index (χ1) is 9.25. The van der Waals surface area contributed by atoms with Crippen molar-refractivity contribution in [3.05, 3.63) is 28.3 Å². The average Bonchev–Trinajstić information content (AvgIpc) is 2.73. The quantitative estimate of drug-likeness (QED) is 0.477. The van der Waals surface area contributed by atoms with Gasteiger partial charge in [0.2, 0.25) is 10.0 Å². The molecule has 1 aliphatic heterocycles. The number of nitro benzene ring substituents is 1. The smallest absolute Gasteiger partial charge is 0.312 e. The molecule has 20 heavy (non-hydrogen) atoms. The van der Waals surface area contributed by atoms with Gasteiger partial charge >= 0.3 is 5.69 Å². The summed E-state index contributed by atoms with van der Waals surface area (Å²) in [5.41, 5.74) is 3.94. The Kier molecular flexibility index (Phi) is 3.67. The molecule has 1 atom stereocenters. The van der Waals surface area contributed by atoms with E-state index in [2.05, 4.69) is 4.72 Å². The number of ether oxygens (including phenoxy) is 1. The summed E-state index contributed by atoms with van der Waals surface area (Å²) >= 11 is 0. The number of sulfonamides is 1. The highest BCUT2D eigenvalue weighted by atomic mass is 32.2. The van der Waals surface area contributed by atoms with Gasteiger partial charge in [-0.3, -0.25) is 10.1 Å². The zero-order valence-electron chi connectivity index (χ0n) is 10.8. The fourth-order valence-electron chi connectivity index (χ4n) is 2.08. The van der Waals surface area contributed by atoms with E-state index in [4.69, 9.17) is 10.5 Å². The number of nitrogens with one attached hydrogen (secondary N) is 1. The van der Waals surface area contributed by atoms with Crippen molar-refractivity contribution in [2.24, 2.45) is 0 Å². The van der Waals surface area contributed by atoms with Crippen LogP contribution in [0.15, 0.2) is 23.1 Å². The Hall–Kier alpha value is -1.71. The summed E-state index contributed by atoms with van der Waals surface area (Å²) in [6.45, 7) is 2.36. The molecule has 2 rings (SSSR count). The SMILES string of the molecule is CC1(NS(=O)(=O)c2cccc(N)c2[N+](=O)[O-])CCOC1. The third kappa shape index (κ3) is 2.74. The van der Waals surface area contributed by atoms with Gasteiger partial charge in [-0.25, -0.2) is 13.1 Å². The molecule has 3 N–H and O–H groups in total. The Bertz CT molecular complexity index is 637. The predicted octanol–water partition coefficient (Wildman–Crippen LogP) is 0.634. The first kappa shape index (κ1) is 14.7. The van der Waals surface area contributed by atoms with Crippen molar-refractivity contribution < 1.29 is 18.1 Å². The summed E-state index contributed by atoms with van der Waals surface area (Å²) in [6, 6.07) is 3.82.